The van der Waals surface area contributed by atoms with Crippen molar-refractivity contribution < 1.29 is 14.4 Å². The lowest BCUT2D eigenvalue weighted by Gasteiger charge is -2.33. The third-order valence-corrected chi connectivity index (χ3v) is 5.04. The summed E-state index contributed by atoms with van der Waals surface area (Å²) in [5.74, 6) is -0.0928. The number of nitrogens with one attached hydrogen (secondary N) is 2. The van der Waals surface area contributed by atoms with Gasteiger partial charge in [0.2, 0.25) is 5.91 Å². The SMILES string of the molecule is CC(C)NC(=O)N1CCN(C(=O)c2cccn2C)C[C@@]2(CNC(=O)C2)C1. The quantitative estimate of drug-likeness (QED) is 0.800. The first kappa shape index (κ1) is 18.3. The van der Waals surface area contributed by atoms with Gasteiger partial charge >= 0.3 is 6.03 Å². The molecule has 142 valence electrons. The normalized spacial score (nSPS) is 23.3. The molecule has 2 saturated heterocycles. The minimum atomic E-state index is -0.442. The van der Waals surface area contributed by atoms with Crippen LogP contribution in [0.2, 0.25) is 0 Å². The van der Waals surface area contributed by atoms with Crippen molar-refractivity contribution in [1.29, 1.82) is 0 Å². The van der Waals surface area contributed by atoms with Gasteiger partial charge in [0.15, 0.2) is 0 Å². The number of hydrogen-bond acceptors (Lipinski definition) is 3. The van der Waals surface area contributed by atoms with Gasteiger partial charge in [-0.05, 0) is 26.0 Å². The highest BCUT2D eigenvalue weighted by Gasteiger charge is 2.45. The van der Waals surface area contributed by atoms with E-state index in [9.17, 15) is 14.4 Å². The zero-order chi connectivity index (χ0) is 18.9. The van der Waals surface area contributed by atoms with Crippen LogP contribution in [0.5, 0.6) is 0 Å². The van der Waals surface area contributed by atoms with Crippen molar-refractivity contribution >= 4 is 17.8 Å². The summed E-state index contributed by atoms with van der Waals surface area (Å²) < 4.78 is 1.79. The summed E-state index contributed by atoms with van der Waals surface area (Å²) in [5.41, 5.74) is 0.167. The minimum absolute atomic E-state index is 0.0256. The van der Waals surface area contributed by atoms with Gasteiger partial charge in [-0.2, -0.15) is 0 Å². The minimum Gasteiger partial charge on any atom is -0.355 e. The van der Waals surface area contributed by atoms with Gasteiger partial charge < -0.3 is 25.0 Å². The van der Waals surface area contributed by atoms with Gasteiger partial charge in [-0.25, -0.2) is 4.79 Å². The van der Waals surface area contributed by atoms with Crippen LogP contribution in [-0.4, -0.2) is 71.0 Å². The van der Waals surface area contributed by atoms with Gasteiger partial charge in [-0.3, -0.25) is 9.59 Å². The molecular formula is C18H27N5O3. The zero-order valence-electron chi connectivity index (χ0n) is 15.6. The molecule has 0 radical (unpaired) electrons. The number of carbonyl (C=O) groups is 3. The molecule has 1 aromatic heterocycles. The molecule has 0 unspecified atom stereocenters. The highest BCUT2D eigenvalue weighted by Crippen LogP contribution is 2.31. The van der Waals surface area contributed by atoms with Crippen molar-refractivity contribution in [3.63, 3.8) is 0 Å². The summed E-state index contributed by atoms with van der Waals surface area (Å²) >= 11 is 0. The third kappa shape index (κ3) is 3.68. The Bertz CT molecular complexity index is 713. The molecule has 8 nitrogen and oxygen atoms in total. The first-order chi connectivity index (χ1) is 12.3. The monoisotopic (exact) mass is 361 g/mol. The first-order valence-electron chi connectivity index (χ1n) is 9.02. The molecule has 0 aliphatic carbocycles. The van der Waals surface area contributed by atoms with Crippen LogP contribution in [0.3, 0.4) is 0 Å². The number of aryl methyl sites for hydroxylation is 1. The van der Waals surface area contributed by atoms with Gasteiger partial charge in [0, 0.05) is 63.8 Å². The highest BCUT2D eigenvalue weighted by molar-refractivity contribution is 5.93. The number of urea groups is 1. The molecule has 3 heterocycles. The summed E-state index contributed by atoms with van der Waals surface area (Å²) in [4.78, 5) is 41.0. The van der Waals surface area contributed by atoms with E-state index in [2.05, 4.69) is 10.6 Å². The molecule has 8 heteroatoms. The number of rotatable bonds is 2. The topological polar surface area (TPSA) is 86.7 Å². The molecule has 2 aliphatic heterocycles. The largest absolute Gasteiger partial charge is 0.355 e. The Kier molecular flexibility index (Phi) is 4.93. The molecule has 4 amide bonds. The Morgan fingerprint density at radius 1 is 1.23 bits per heavy atom. The molecule has 2 N–H and O–H groups in total. The third-order valence-electron chi connectivity index (χ3n) is 5.04. The van der Waals surface area contributed by atoms with Gasteiger partial charge in [-0.15, -0.1) is 0 Å². The zero-order valence-corrected chi connectivity index (χ0v) is 15.6. The molecule has 0 bridgehead atoms. The van der Waals surface area contributed by atoms with Crippen molar-refractivity contribution in [2.24, 2.45) is 12.5 Å². The maximum absolute atomic E-state index is 13.0. The van der Waals surface area contributed by atoms with Crippen LogP contribution in [-0.2, 0) is 11.8 Å². The average molecular weight is 361 g/mol. The molecule has 1 spiro atoms. The van der Waals surface area contributed by atoms with E-state index in [0.717, 1.165) is 0 Å². The van der Waals surface area contributed by atoms with E-state index in [4.69, 9.17) is 0 Å². The maximum atomic E-state index is 13.0. The number of aromatic nitrogens is 1. The van der Waals surface area contributed by atoms with Crippen LogP contribution < -0.4 is 10.6 Å². The van der Waals surface area contributed by atoms with Crippen LogP contribution in [0.1, 0.15) is 30.8 Å². The van der Waals surface area contributed by atoms with E-state index >= 15 is 0 Å². The second-order valence-corrected chi connectivity index (χ2v) is 7.71. The average Bonchev–Trinajstić information content (AvgIpc) is 3.08. The summed E-state index contributed by atoms with van der Waals surface area (Å²) in [6.07, 6.45) is 2.17. The van der Waals surface area contributed by atoms with E-state index in [1.54, 1.807) is 20.4 Å². The second kappa shape index (κ2) is 7.01. The fourth-order valence-corrected chi connectivity index (χ4v) is 3.76. The molecule has 1 atom stereocenters. The smallest absolute Gasteiger partial charge is 0.317 e. The van der Waals surface area contributed by atoms with E-state index in [1.165, 1.54) is 0 Å². The Morgan fingerprint density at radius 3 is 2.50 bits per heavy atom. The number of nitrogens with zero attached hydrogens (tertiary/aromatic N) is 3. The summed E-state index contributed by atoms with van der Waals surface area (Å²) in [5, 5.41) is 5.79. The lowest BCUT2D eigenvalue weighted by molar-refractivity contribution is -0.119. The lowest BCUT2D eigenvalue weighted by Crippen LogP contribution is -2.48. The molecule has 2 fully saturated rings. The van der Waals surface area contributed by atoms with Crippen LogP contribution in [0, 0.1) is 5.41 Å². The fourth-order valence-electron chi connectivity index (χ4n) is 3.76. The van der Waals surface area contributed by atoms with Gasteiger partial charge in [0.05, 0.1) is 0 Å². The van der Waals surface area contributed by atoms with E-state index < -0.39 is 5.41 Å². The maximum Gasteiger partial charge on any atom is 0.317 e. The molecule has 1 aromatic rings. The van der Waals surface area contributed by atoms with Crippen LogP contribution in [0.15, 0.2) is 18.3 Å². The summed E-state index contributed by atoms with van der Waals surface area (Å²) in [6, 6.07) is 3.52. The fraction of sp³-hybridized carbons (Fsp3) is 0.611. The molecule has 0 aromatic carbocycles. The Labute approximate surface area is 153 Å². The Morgan fingerprint density at radius 2 is 1.92 bits per heavy atom. The number of carbonyl (C=O) groups excluding carboxylic acids is 3. The van der Waals surface area contributed by atoms with Gasteiger partial charge in [-0.1, -0.05) is 0 Å². The number of hydrogen-bond donors (Lipinski definition) is 2. The standard InChI is InChI=1S/C18H27N5O3/c1-13(2)20-17(26)23-8-7-22(16(25)14-5-4-6-21(14)3)11-18(12-23)9-15(24)19-10-18/h4-6,13H,7-12H2,1-3H3,(H,19,24)(H,20,26)/t18-/m1/s1. The van der Waals surface area contributed by atoms with Crippen molar-refractivity contribution in [2.75, 3.05) is 32.7 Å². The van der Waals surface area contributed by atoms with Crippen molar-refractivity contribution in [3.05, 3.63) is 24.0 Å². The second-order valence-electron chi connectivity index (χ2n) is 7.71. The van der Waals surface area contributed by atoms with Crippen LogP contribution in [0.25, 0.3) is 0 Å². The summed E-state index contributed by atoms with van der Waals surface area (Å²) in [6.45, 7) is 6.13. The first-order valence-corrected chi connectivity index (χ1v) is 9.02. The van der Waals surface area contributed by atoms with E-state index in [0.29, 0.717) is 44.8 Å². The summed E-state index contributed by atoms with van der Waals surface area (Å²) in [7, 11) is 1.84. The highest BCUT2D eigenvalue weighted by atomic mass is 16.2. The van der Waals surface area contributed by atoms with Crippen molar-refractivity contribution in [3.8, 4) is 0 Å². The molecule has 0 saturated carbocycles. The predicted octanol–water partition coefficient (Wildman–Crippen LogP) is 0.407. The van der Waals surface area contributed by atoms with E-state index in [1.807, 2.05) is 33.2 Å². The van der Waals surface area contributed by atoms with Crippen LogP contribution >= 0.6 is 0 Å². The van der Waals surface area contributed by atoms with Crippen molar-refractivity contribution in [2.45, 2.75) is 26.3 Å². The molecule has 26 heavy (non-hydrogen) atoms. The molecular weight excluding hydrogens is 334 g/mol. The Hall–Kier alpha value is -2.51. The molecule has 3 rings (SSSR count). The molecule has 2 aliphatic rings. The number of amides is 4. The van der Waals surface area contributed by atoms with E-state index in [-0.39, 0.29) is 23.9 Å². The van der Waals surface area contributed by atoms with Gasteiger partial charge in [0.1, 0.15) is 5.69 Å². The van der Waals surface area contributed by atoms with Crippen LogP contribution in [0.4, 0.5) is 4.79 Å². The lowest BCUT2D eigenvalue weighted by atomic mass is 9.86. The Balaban J connectivity index is 1.83. The van der Waals surface area contributed by atoms with Gasteiger partial charge in [0.25, 0.3) is 5.91 Å². The predicted molar refractivity (Wildman–Crippen MR) is 96.6 cm³/mol. The van der Waals surface area contributed by atoms with Crippen molar-refractivity contribution in [1.82, 2.24) is 25.0 Å².